The van der Waals surface area contributed by atoms with Gasteiger partial charge in [0.15, 0.2) is 0 Å². The van der Waals surface area contributed by atoms with Crippen LogP contribution in [-0.4, -0.2) is 0 Å². The zero-order chi connectivity index (χ0) is 33.1. The Labute approximate surface area is 292 Å². The zero-order valence-electron chi connectivity index (χ0n) is 27.5. The van der Waals surface area contributed by atoms with Crippen LogP contribution in [0, 0.1) is 0 Å². The molecule has 50 heavy (non-hydrogen) atoms. The van der Waals surface area contributed by atoms with Gasteiger partial charge in [0.05, 0.1) is 11.1 Å². The van der Waals surface area contributed by atoms with Crippen molar-refractivity contribution in [1.82, 2.24) is 0 Å². The number of hydrogen-bond acceptors (Lipinski definition) is 1. The molecule has 0 saturated carbocycles. The molecule has 1 nitrogen and oxygen atoms in total. The smallest absolute Gasteiger partial charge is 0.0714 e. The molecule has 0 spiro atoms. The molecular weight excluding hydrogens is 603 g/mol. The molecule has 0 radical (unpaired) electrons. The van der Waals surface area contributed by atoms with E-state index in [4.69, 9.17) is 0 Å². The molecule has 10 rings (SSSR count). The molecule has 0 bridgehead atoms. The Morgan fingerprint density at radius 1 is 0.320 bits per heavy atom. The van der Waals surface area contributed by atoms with Crippen LogP contribution < -0.4 is 4.90 Å². The Bertz CT molecular complexity index is 2610. The second kappa shape index (κ2) is 11.3. The molecule has 1 heteroatoms. The van der Waals surface area contributed by atoms with E-state index in [1.807, 2.05) is 0 Å². The Balaban J connectivity index is 1.18. The standard InChI is InChI=1S/C49H33N/c1-3-12-34(13-4-1)35-26-30-41(31-27-35)50(46-23-11-15-36-14-7-8-20-43(36)46)42-32-28-40(29-33-42)49(39-18-5-2-6-19-39)44-21-9-16-37-24-25-38-17-10-22-45(49)48(38)47(37)44/h1-33H. The molecule has 9 aromatic rings. The van der Waals surface area contributed by atoms with Gasteiger partial charge in [-0.3, -0.25) is 0 Å². The lowest BCUT2D eigenvalue weighted by Gasteiger charge is -2.35. The van der Waals surface area contributed by atoms with Crippen LogP contribution in [0.25, 0.3) is 43.4 Å². The molecular formula is C49H33N. The summed E-state index contributed by atoms with van der Waals surface area (Å²) < 4.78 is 0. The summed E-state index contributed by atoms with van der Waals surface area (Å²) in [6, 6.07) is 73.5. The first-order valence-corrected chi connectivity index (χ1v) is 17.4. The summed E-state index contributed by atoms with van der Waals surface area (Å²) >= 11 is 0. The van der Waals surface area contributed by atoms with Gasteiger partial charge in [-0.15, -0.1) is 0 Å². The molecule has 0 saturated heterocycles. The van der Waals surface area contributed by atoms with E-state index in [2.05, 4.69) is 205 Å². The van der Waals surface area contributed by atoms with Crippen LogP contribution in [0.15, 0.2) is 200 Å². The normalized spacial score (nSPS) is 13.0. The Morgan fingerprint density at radius 2 is 0.800 bits per heavy atom. The molecule has 1 aliphatic rings. The molecule has 234 valence electrons. The summed E-state index contributed by atoms with van der Waals surface area (Å²) in [7, 11) is 0. The van der Waals surface area contributed by atoms with Crippen LogP contribution in [0.5, 0.6) is 0 Å². The highest BCUT2D eigenvalue weighted by Gasteiger charge is 2.44. The maximum Gasteiger partial charge on any atom is 0.0714 e. The largest absolute Gasteiger partial charge is 0.310 e. The Morgan fingerprint density at radius 3 is 1.46 bits per heavy atom. The Hall–Kier alpha value is -6.44. The van der Waals surface area contributed by atoms with Gasteiger partial charge in [-0.2, -0.15) is 0 Å². The molecule has 9 aromatic carbocycles. The van der Waals surface area contributed by atoms with Gasteiger partial charge in [-0.05, 0) is 90.6 Å². The highest BCUT2D eigenvalue weighted by molar-refractivity contribution is 6.16. The fraction of sp³-hybridized carbons (Fsp3) is 0.0204. The lowest BCUT2D eigenvalue weighted by molar-refractivity contribution is 0.771. The summed E-state index contributed by atoms with van der Waals surface area (Å²) in [6.45, 7) is 0. The highest BCUT2D eigenvalue weighted by atomic mass is 15.1. The quantitative estimate of drug-likeness (QED) is 0.164. The van der Waals surface area contributed by atoms with Crippen molar-refractivity contribution in [3.8, 4) is 11.1 Å². The van der Waals surface area contributed by atoms with Crippen LogP contribution in [0.1, 0.15) is 22.3 Å². The number of benzene rings is 9. The molecule has 0 aromatic heterocycles. The van der Waals surface area contributed by atoms with E-state index in [-0.39, 0.29) is 0 Å². The first-order valence-electron chi connectivity index (χ1n) is 17.4. The average Bonchev–Trinajstić information content (AvgIpc) is 3.51. The number of nitrogens with zero attached hydrogens (tertiary/aromatic N) is 1. The fourth-order valence-electron chi connectivity index (χ4n) is 8.53. The summed E-state index contributed by atoms with van der Waals surface area (Å²) in [5.41, 5.74) is 10.6. The second-order valence-corrected chi connectivity index (χ2v) is 13.3. The highest BCUT2D eigenvalue weighted by Crippen LogP contribution is 2.56. The lowest BCUT2D eigenvalue weighted by Crippen LogP contribution is -2.28. The number of fused-ring (bicyclic) bond motifs is 1. The van der Waals surface area contributed by atoms with Crippen molar-refractivity contribution in [2.24, 2.45) is 0 Å². The minimum Gasteiger partial charge on any atom is -0.310 e. The SMILES string of the molecule is c1ccc(-c2ccc(N(c3ccc(C4(c5ccccc5)c5cccc6ccc7cccc4c7c56)cc3)c3cccc4ccccc34)cc2)cc1. The third-order valence-corrected chi connectivity index (χ3v) is 10.7. The summed E-state index contributed by atoms with van der Waals surface area (Å²) in [5.74, 6) is 0. The Kier molecular flexibility index (Phi) is 6.47. The van der Waals surface area contributed by atoms with Gasteiger partial charge in [-0.1, -0.05) is 170 Å². The van der Waals surface area contributed by atoms with E-state index in [1.165, 1.54) is 65.7 Å². The van der Waals surface area contributed by atoms with Gasteiger partial charge < -0.3 is 4.90 Å². The lowest BCUT2D eigenvalue weighted by atomic mass is 9.67. The third-order valence-electron chi connectivity index (χ3n) is 10.7. The van der Waals surface area contributed by atoms with Crippen molar-refractivity contribution in [3.63, 3.8) is 0 Å². The minimum absolute atomic E-state index is 0.440. The molecule has 0 heterocycles. The van der Waals surface area contributed by atoms with E-state index in [0.29, 0.717) is 0 Å². The van der Waals surface area contributed by atoms with E-state index >= 15 is 0 Å². The monoisotopic (exact) mass is 635 g/mol. The van der Waals surface area contributed by atoms with Gasteiger partial charge >= 0.3 is 0 Å². The molecule has 0 aliphatic heterocycles. The first-order chi connectivity index (χ1) is 24.8. The summed E-state index contributed by atoms with van der Waals surface area (Å²) in [5, 5.41) is 7.75. The molecule has 0 N–H and O–H groups in total. The predicted octanol–water partition coefficient (Wildman–Crippen LogP) is 13.0. The molecule has 0 amide bonds. The van der Waals surface area contributed by atoms with Crippen LogP contribution >= 0.6 is 0 Å². The second-order valence-electron chi connectivity index (χ2n) is 13.3. The number of hydrogen-bond donors (Lipinski definition) is 0. The van der Waals surface area contributed by atoms with Crippen molar-refractivity contribution in [2.45, 2.75) is 5.41 Å². The van der Waals surface area contributed by atoms with Gasteiger partial charge in [0.2, 0.25) is 0 Å². The van der Waals surface area contributed by atoms with Crippen molar-refractivity contribution < 1.29 is 0 Å². The molecule has 0 unspecified atom stereocenters. The minimum atomic E-state index is -0.440. The fourth-order valence-corrected chi connectivity index (χ4v) is 8.53. The van der Waals surface area contributed by atoms with Crippen molar-refractivity contribution in [3.05, 3.63) is 222 Å². The van der Waals surface area contributed by atoms with Gasteiger partial charge in [0, 0.05) is 16.8 Å². The average molecular weight is 636 g/mol. The summed E-state index contributed by atoms with van der Waals surface area (Å²) in [6.07, 6.45) is 0. The van der Waals surface area contributed by atoms with Crippen LogP contribution in [0.2, 0.25) is 0 Å². The zero-order valence-corrected chi connectivity index (χ0v) is 27.5. The van der Waals surface area contributed by atoms with Gasteiger partial charge in [-0.25, -0.2) is 0 Å². The van der Waals surface area contributed by atoms with Crippen LogP contribution in [-0.2, 0) is 5.41 Å². The molecule has 0 fully saturated rings. The maximum absolute atomic E-state index is 2.40. The number of anilines is 3. The van der Waals surface area contributed by atoms with E-state index < -0.39 is 5.41 Å². The van der Waals surface area contributed by atoms with Crippen molar-refractivity contribution >= 4 is 49.4 Å². The van der Waals surface area contributed by atoms with E-state index in [0.717, 1.165) is 17.1 Å². The topological polar surface area (TPSA) is 3.24 Å². The van der Waals surface area contributed by atoms with Crippen molar-refractivity contribution in [1.29, 1.82) is 0 Å². The molecule has 1 aliphatic carbocycles. The first kappa shape index (κ1) is 28.6. The van der Waals surface area contributed by atoms with Gasteiger partial charge in [0.25, 0.3) is 0 Å². The van der Waals surface area contributed by atoms with E-state index in [1.54, 1.807) is 0 Å². The van der Waals surface area contributed by atoms with Gasteiger partial charge in [0.1, 0.15) is 0 Å². The van der Waals surface area contributed by atoms with Crippen LogP contribution in [0.4, 0.5) is 17.1 Å². The third kappa shape index (κ3) is 4.20. The number of rotatable bonds is 6. The maximum atomic E-state index is 2.40. The van der Waals surface area contributed by atoms with Crippen molar-refractivity contribution in [2.75, 3.05) is 4.90 Å². The summed E-state index contributed by atoms with van der Waals surface area (Å²) in [4.78, 5) is 2.40. The van der Waals surface area contributed by atoms with E-state index in [9.17, 15) is 0 Å². The van der Waals surface area contributed by atoms with Crippen LogP contribution in [0.3, 0.4) is 0 Å². The predicted molar refractivity (Wildman–Crippen MR) is 211 cm³/mol. The molecule has 0 atom stereocenters.